The standard InChI is InChI=1S/C13H12FN3S/c14-10-6-4-9(5-7-10)8-16-12-3-1-2-11(17-12)13(15)18/h1-7H,8H2,(H2,15,18)(H,16,17). The first-order valence-corrected chi connectivity index (χ1v) is 5.81. The van der Waals surface area contributed by atoms with Crippen molar-refractivity contribution in [3.63, 3.8) is 0 Å². The Labute approximate surface area is 110 Å². The highest BCUT2D eigenvalue weighted by atomic mass is 32.1. The molecule has 0 aliphatic rings. The van der Waals surface area contributed by atoms with Gasteiger partial charge in [-0.15, -0.1) is 0 Å². The topological polar surface area (TPSA) is 50.9 Å². The number of nitrogens with zero attached hydrogens (tertiary/aromatic N) is 1. The average Bonchev–Trinajstić information content (AvgIpc) is 2.38. The van der Waals surface area contributed by atoms with Crippen LogP contribution in [0.5, 0.6) is 0 Å². The van der Waals surface area contributed by atoms with Crippen LogP contribution in [0.25, 0.3) is 0 Å². The third kappa shape index (κ3) is 3.24. The molecule has 92 valence electrons. The molecule has 0 radical (unpaired) electrons. The van der Waals surface area contributed by atoms with Gasteiger partial charge in [0.1, 0.15) is 16.6 Å². The molecule has 0 fully saturated rings. The number of halogens is 1. The van der Waals surface area contributed by atoms with E-state index in [1.807, 2.05) is 12.1 Å². The molecule has 1 heterocycles. The van der Waals surface area contributed by atoms with Crippen molar-refractivity contribution >= 4 is 23.0 Å². The molecule has 0 saturated heterocycles. The normalized spacial score (nSPS) is 10.1. The number of pyridine rings is 1. The molecule has 0 atom stereocenters. The summed E-state index contributed by atoms with van der Waals surface area (Å²) in [5, 5.41) is 3.13. The molecule has 2 aromatic rings. The van der Waals surface area contributed by atoms with E-state index in [0.717, 1.165) is 5.56 Å². The van der Waals surface area contributed by atoms with Gasteiger partial charge in [0.2, 0.25) is 0 Å². The van der Waals surface area contributed by atoms with Gasteiger partial charge in [0, 0.05) is 6.54 Å². The molecule has 2 rings (SSSR count). The molecule has 3 nitrogen and oxygen atoms in total. The second-order valence-corrected chi connectivity index (χ2v) is 4.19. The second kappa shape index (κ2) is 5.55. The first kappa shape index (κ1) is 12.4. The SMILES string of the molecule is NC(=S)c1cccc(NCc2ccc(F)cc2)n1. The molecule has 5 heteroatoms. The monoisotopic (exact) mass is 261 g/mol. The summed E-state index contributed by atoms with van der Waals surface area (Å²) in [5.74, 6) is 0.442. The highest BCUT2D eigenvalue weighted by Gasteiger charge is 2.00. The zero-order chi connectivity index (χ0) is 13.0. The van der Waals surface area contributed by atoms with Crippen molar-refractivity contribution in [1.82, 2.24) is 4.98 Å². The van der Waals surface area contributed by atoms with E-state index in [0.29, 0.717) is 18.1 Å². The smallest absolute Gasteiger partial charge is 0.127 e. The van der Waals surface area contributed by atoms with Crippen LogP contribution < -0.4 is 11.1 Å². The summed E-state index contributed by atoms with van der Waals surface area (Å²) in [6.07, 6.45) is 0. The largest absolute Gasteiger partial charge is 0.388 e. The number of nitrogens with one attached hydrogen (secondary N) is 1. The van der Waals surface area contributed by atoms with Crippen LogP contribution in [0, 0.1) is 5.82 Å². The predicted octanol–water partition coefficient (Wildman–Crippen LogP) is 2.47. The summed E-state index contributed by atoms with van der Waals surface area (Å²) in [7, 11) is 0. The van der Waals surface area contributed by atoms with Gasteiger partial charge in [-0.05, 0) is 29.8 Å². The van der Waals surface area contributed by atoms with E-state index in [-0.39, 0.29) is 10.8 Å². The van der Waals surface area contributed by atoms with E-state index in [4.69, 9.17) is 18.0 Å². The van der Waals surface area contributed by atoms with Crippen molar-refractivity contribution in [2.75, 3.05) is 5.32 Å². The van der Waals surface area contributed by atoms with Gasteiger partial charge in [-0.1, -0.05) is 30.4 Å². The van der Waals surface area contributed by atoms with E-state index in [1.165, 1.54) is 12.1 Å². The van der Waals surface area contributed by atoms with Crippen LogP contribution in [-0.2, 0) is 6.54 Å². The minimum Gasteiger partial charge on any atom is -0.388 e. The van der Waals surface area contributed by atoms with Crippen LogP contribution in [0.1, 0.15) is 11.3 Å². The van der Waals surface area contributed by atoms with Crippen molar-refractivity contribution in [2.45, 2.75) is 6.54 Å². The Balaban J connectivity index is 2.04. The molecule has 0 amide bonds. The first-order chi connectivity index (χ1) is 8.65. The van der Waals surface area contributed by atoms with E-state index < -0.39 is 0 Å². The summed E-state index contributed by atoms with van der Waals surface area (Å²) in [4.78, 5) is 4.52. The summed E-state index contributed by atoms with van der Waals surface area (Å²) >= 11 is 4.86. The van der Waals surface area contributed by atoms with Gasteiger partial charge in [-0.25, -0.2) is 9.37 Å². The van der Waals surface area contributed by atoms with Crippen molar-refractivity contribution in [2.24, 2.45) is 5.73 Å². The number of hydrogen-bond acceptors (Lipinski definition) is 3. The van der Waals surface area contributed by atoms with E-state index in [9.17, 15) is 4.39 Å². The Morgan fingerprint density at radius 1 is 1.22 bits per heavy atom. The van der Waals surface area contributed by atoms with Gasteiger partial charge in [0.05, 0.1) is 5.69 Å². The highest BCUT2D eigenvalue weighted by molar-refractivity contribution is 7.80. The summed E-state index contributed by atoms with van der Waals surface area (Å²) in [6.45, 7) is 0.564. The molecule has 0 unspecified atom stereocenters. The summed E-state index contributed by atoms with van der Waals surface area (Å²) in [5.41, 5.74) is 7.06. The van der Waals surface area contributed by atoms with Gasteiger partial charge in [-0.3, -0.25) is 0 Å². The first-order valence-electron chi connectivity index (χ1n) is 5.40. The van der Waals surface area contributed by atoms with Gasteiger partial charge in [0.25, 0.3) is 0 Å². The van der Waals surface area contributed by atoms with E-state index >= 15 is 0 Å². The second-order valence-electron chi connectivity index (χ2n) is 3.75. The molecule has 1 aromatic carbocycles. The molecular formula is C13H12FN3S. The quantitative estimate of drug-likeness (QED) is 0.830. The fourth-order valence-electron chi connectivity index (χ4n) is 1.47. The number of anilines is 1. The number of nitrogens with two attached hydrogens (primary N) is 1. The third-order valence-corrected chi connectivity index (χ3v) is 2.60. The van der Waals surface area contributed by atoms with Crippen molar-refractivity contribution < 1.29 is 4.39 Å². The average molecular weight is 261 g/mol. The highest BCUT2D eigenvalue weighted by Crippen LogP contribution is 2.08. The number of benzene rings is 1. The summed E-state index contributed by atoms with van der Waals surface area (Å²) in [6, 6.07) is 11.7. The molecule has 3 N–H and O–H groups in total. The van der Waals surface area contributed by atoms with E-state index in [2.05, 4.69) is 10.3 Å². The molecule has 0 bridgehead atoms. The minimum atomic E-state index is -0.243. The van der Waals surface area contributed by atoms with Crippen LogP contribution in [0.15, 0.2) is 42.5 Å². The van der Waals surface area contributed by atoms with Gasteiger partial charge in [-0.2, -0.15) is 0 Å². The van der Waals surface area contributed by atoms with Crippen LogP contribution in [0.3, 0.4) is 0 Å². The molecular weight excluding hydrogens is 249 g/mol. The number of rotatable bonds is 4. The zero-order valence-electron chi connectivity index (χ0n) is 9.56. The van der Waals surface area contributed by atoms with Gasteiger partial charge < -0.3 is 11.1 Å². The Hall–Kier alpha value is -2.01. The zero-order valence-corrected chi connectivity index (χ0v) is 10.4. The maximum atomic E-state index is 12.7. The Morgan fingerprint density at radius 2 is 1.94 bits per heavy atom. The van der Waals surface area contributed by atoms with Crippen LogP contribution in [-0.4, -0.2) is 9.97 Å². The predicted molar refractivity (Wildman–Crippen MR) is 73.9 cm³/mol. The Morgan fingerprint density at radius 3 is 2.61 bits per heavy atom. The molecule has 1 aromatic heterocycles. The molecule has 18 heavy (non-hydrogen) atoms. The van der Waals surface area contributed by atoms with Crippen LogP contribution >= 0.6 is 12.2 Å². The molecule has 0 spiro atoms. The maximum absolute atomic E-state index is 12.7. The maximum Gasteiger partial charge on any atom is 0.127 e. The van der Waals surface area contributed by atoms with Crippen molar-refractivity contribution in [3.05, 3.63) is 59.5 Å². The lowest BCUT2D eigenvalue weighted by Gasteiger charge is -2.07. The third-order valence-electron chi connectivity index (χ3n) is 2.39. The lowest BCUT2D eigenvalue weighted by Crippen LogP contribution is -2.12. The number of thiocarbonyl (C=S) groups is 1. The Kier molecular flexibility index (Phi) is 3.84. The lowest BCUT2D eigenvalue weighted by molar-refractivity contribution is 0.627. The van der Waals surface area contributed by atoms with Crippen molar-refractivity contribution in [3.8, 4) is 0 Å². The van der Waals surface area contributed by atoms with Crippen molar-refractivity contribution in [1.29, 1.82) is 0 Å². The number of hydrogen-bond donors (Lipinski definition) is 2. The van der Waals surface area contributed by atoms with Gasteiger partial charge >= 0.3 is 0 Å². The van der Waals surface area contributed by atoms with Crippen LogP contribution in [0.2, 0.25) is 0 Å². The van der Waals surface area contributed by atoms with E-state index in [1.54, 1.807) is 18.2 Å². The summed E-state index contributed by atoms with van der Waals surface area (Å²) < 4.78 is 12.7. The fraction of sp³-hybridized carbons (Fsp3) is 0.0769. The number of aromatic nitrogens is 1. The minimum absolute atomic E-state index is 0.243. The Bertz CT molecular complexity index is 554. The molecule has 0 aliphatic heterocycles. The van der Waals surface area contributed by atoms with Crippen LogP contribution in [0.4, 0.5) is 10.2 Å². The fourth-order valence-corrected chi connectivity index (χ4v) is 1.58. The molecule has 0 aliphatic carbocycles. The van der Waals surface area contributed by atoms with Gasteiger partial charge in [0.15, 0.2) is 0 Å². The molecule has 0 saturated carbocycles. The lowest BCUT2D eigenvalue weighted by atomic mass is 10.2.